The van der Waals surface area contributed by atoms with Gasteiger partial charge in [0.2, 0.25) is 0 Å². The molecule has 94 valence electrons. The van der Waals surface area contributed by atoms with Gasteiger partial charge in [0.15, 0.2) is 4.67 Å². The molecule has 1 N–H and O–H groups in total. The van der Waals surface area contributed by atoms with Crippen LogP contribution in [0, 0.1) is 0 Å². The second kappa shape index (κ2) is 5.19. The Kier molecular flexibility index (Phi) is 3.59. The van der Waals surface area contributed by atoms with Crippen molar-refractivity contribution in [1.29, 1.82) is 0 Å². The molecule has 3 rings (SSSR count). The molecule has 0 saturated heterocycles. The number of hydrogen-bond donors (Lipinski definition) is 1. The molecule has 0 spiro atoms. The predicted molar refractivity (Wildman–Crippen MR) is 78.5 cm³/mol. The Morgan fingerprint density at radius 2 is 2.00 bits per heavy atom. The van der Waals surface area contributed by atoms with Gasteiger partial charge in [-0.15, -0.1) is 0 Å². The van der Waals surface area contributed by atoms with Crippen molar-refractivity contribution in [2.45, 2.75) is 24.9 Å². The van der Waals surface area contributed by atoms with E-state index in [1.807, 2.05) is 6.07 Å². The highest BCUT2D eigenvalue weighted by molar-refractivity contribution is 9.13. The molecule has 1 saturated carbocycles. The zero-order valence-corrected chi connectivity index (χ0v) is 12.9. The SMILES string of the molecule is Brc1cc(CNC2CC2c2ccccc2)oc1Br. The van der Waals surface area contributed by atoms with Crippen LogP contribution in [-0.2, 0) is 6.54 Å². The normalized spacial score (nSPS) is 22.1. The summed E-state index contributed by atoms with van der Waals surface area (Å²) in [7, 11) is 0. The van der Waals surface area contributed by atoms with Crippen LogP contribution in [0.15, 0.2) is 50.0 Å². The first-order chi connectivity index (χ1) is 8.74. The van der Waals surface area contributed by atoms with E-state index >= 15 is 0 Å². The van der Waals surface area contributed by atoms with Gasteiger partial charge in [0.1, 0.15) is 5.76 Å². The van der Waals surface area contributed by atoms with E-state index in [4.69, 9.17) is 4.42 Å². The molecule has 1 aliphatic rings. The molecule has 1 aromatic carbocycles. The first kappa shape index (κ1) is 12.5. The van der Waals surface area contributed by atoms with Crippen LogP contribution in [0.4, 0.5) is 0 Å². The quantitative estimate of drug-likeness (QED) is 0.859. The lowest BCUT2D eigenvalue weighted by Crippen LogP contribution is -2.16. The fraction of sp³-hybridized carbons (Fsp3) is 0.286. The van der Waals surface area contributed by atoms with Gasteiger partial charge in [0, 0.05) is 12.0 Å². The smallest absolute Gasteiger partial charge is 0.183 e. The molecule has 1 heterocycles. The van der Waals surface area contributed by atoms with Crippen LogP contribution in [0.2, 0.25) is 0 Å². The van der Waals surface area contributed by atoms with Crippen molar-refractivity contribution in [1.82, 2.24) is 5.32 Å². The highest BCUT2D eigenvalue weighted by Gasteiger charge is 2.37. The first-order valence-corrected chi connectivity index (χ1v) is 7.54. The minimum Gasteiger partial charge on any atom is -0.452 e. The van der Waals surface area contributed by atoms with Crippen molar-refractivity contribution in [2.75, 3.05) is 0 Å². The van der Waals surface area contributed by atoms with Gasteiger partial charge in [0.05, 0.1) is 11.0 Å². The first-order valence-electron chi connectivity index (χ1n) is 5.96. The van der Waals surface area contributed by atoms with E-state index in [9.17, 15) is 0 Å². The minimum atomic E-state index is 0.579. The summed E-state index contributed by atoms with van der Waals surface area (Å²) in [6.45, 7) is 0.776. The summed E-state index contributed by atoms with van der Waals surface area (Å²) < 4.78 is 7.27. The van der Waals surface area contributed by atoms with Gasteiger partial charge < -0.3 is 9.73 Å². The summed E-state index contributed by atoms with van der Waals surface area (Å²) in [5, 5.41) is 3.53. The second-order valence-corrected chi connectivity index (χ2v) is 6.15. The van der Waals surface area contributed by atoms with Gasteiger partial charge in [-0.25, -0.2) is 0 Å². The Morgan fingerprint density at radius 1 is 1.22 bits per heavy atom. The summed E-state index contributed by atoms with van der Waals surface area (Å²) in [4.78, 5) is 0. The van der Waals surface area contributed by atoms with Crippen molar-refractivity contribution in [2.24, 2.45) is 0 Å². The van der Waals surface area contributed by atoms with Crippen molar-refractivity contribution in [3.63, 3.8) is 0 Å². The fourth-order valence-electron chi connectivity index (χ4n) is 2.20. The van der Waals surface area contributed by atoms with E-state index in [-0.39, 0.29) is 0 Å². The van der Waals surface area contributed by atoms with Gasteiger partial charge in [-0.05, 0) is 49.9 Å². The molecule has 0 radical (unpaired) electrons. The monoisotopic (exact) mass is 369 g/mol. The topological polar surface area (TPSA) is 25.2 Å². The fourth-order valence-corrected chi connectivity index (χ4v) is 2.86. The molecule has 2 unspecified atom stereocenters. The third-order valence-corrected chi connectivity index (χ3v) is 4.96. The number of rotatable bonds is 4. The third kappa shape index (κ3) is 2.71. The van der Waals surface area contributed by atoms with E-state index in [1.165, 1.54) is 12.0 Å². The van der Waals surface area contributed by atoms with Gasteiger partial charge in [-0.2, -0.15) is 0 Å². The van der Waals surface area contributed by atoms with Gasteiger partial charge >= 0.3 is 0 Å². The van der Waals surface area contributed by atoms with Crippen LogP contribution in [-0.4, -0.2) is 6.04 Å². The molecule has 2 nitrogen and oxygen atoms in total. The lowest BCUT2D eigenvalue weighted by molar-refractivity contribution is 0.462. The molecule has 4 heteroatoms. The van der Waals surface area contributed by atoms with E-state index in [0.717, 1.165) is 21.4 Å². The maximum Gasteiger partial charge on any atom is 0.183 e. The summed E-state index contributed by atoms with van der Waals surface area (Å²) in [6.07, 6.45) is 1.22. The average Bonchev–Trinajstić information content (AvgIpc) is 3.09. The number of benzene rings is 1. The highest BCUT2D eigenvalue weighted by Crippen LogP contribution is 2.40. The van der Waals surface area contributed by atoms with Crippen LogP contribution in [0.5, 0.6) is 0 Å². The highest BCUT2D eigenvalue weighted by atomic mass is 79.9. The average molecular weight is 371 g/mol. The van der Waals surface area contributed by atoms with Crippen LogP contribution in [0.1, 0.15) is 23.7 Å². The number of halogens is 2. The van der Waals surface area contributed by atoms with Crippen molar-refractivity contribution in [3.05, 3.63) is 56.9 Å². The van der Waals surface area contributed by atoms with E-state index in [0.29, 0.717) is 12.0 Å². The minimum absolute atomic E-state index is 0.579. The lowest BCUT2D eigenvalue weighted by atomic mass is 10.1. The molecule has 1 aromatic heterocycles. The van der Waals surface area contributed by atoms with E-state index in [1.54, 1.807) is 0 Å². The Balaban J connectivity index is 1.54. The maximum atomic E-state index is 5.54. The Labute approximate surface area is 123 Å². The molecule has 1 fully saturated rings. The zero-order valence-electron chi connectivity index (χ0n) is 9.70. The van der Waals surface area contributed by atoms with Gasteiger partial charge in [-0.3, -0.25) is 0 Å². The number of furan rings is 1. The standard InChI is InChI=1S/C14H13Br2NO/c15-12-6-10(18-14(12)16)8-17-13-7-11(13)9-4-2-1-3-5-9/h1-6,11,13,17H,7-8H2. The summed E-state index contributed by atoms with van der Waals surface area (Å²) >= 11 is 6.76. The van der Waals surface area contributed by atoms with Crippen LogP contribution in [0.25, 0.3) is 0 Å². The van der Waals surface area contributed by atoms with Crippen LogP contribution >= 0.6 is 31.9 Å². The van der Waals surface area contributed by atoms with Gasteiger partial charge in [0.25, 0.3) is 0 Å². The molecule has 18 heavy (non-hydrogen) atoms. The van der Waals surface area contributed by atoms with Gasteiger partial charge in [-0.1, -0.05) is 30.3 Å². The van der Waals surface area contributed by atoms with Crippen molar-refractivity contribution >= 4 is 31.9 Å². The molecule has 0 aliphatic heterocycles. The summed E-state index contributed by atoms with van der Waals surface area (Å²) in [6, 6.07) is 13.2. The molecular formula is C14H13Br2NO. The molecular weight excluding hydrogens is 358 g/mol. The predicted octanol–water partition coefficient (Wildman–Crippen LogP) is 4.45. The summed E-state index contributed by atoms with van der Waals surface area (Å²) in [5.41, 5.74) is 1.43. The largest absolute Gasteiger partial charge is 0.452 e. The van der Waals surface area contributed by atoms with Crippen molar-refractivity contribution < 1.29 is 4.42 Å². The number of hydrogen-bond acceptors (Lipinski definition) is 2. The number of nitrogens with one attached hydrogen (secondary N) is 1. The van der Waals surface area contributed by atoms with E-state index < -0.39 is 0 Å². The maximum absolute atomic E-state index is 5.54. The Morgan fingerprint density at radius 3 is 2.67 bits per heavy atom. The molecule has 0 bridgehead atoms. The third-order valence-electron chi connectivity index (χ3n) is 3.25. The Bertz CT molecular complexity index is 518. The summed E-state index contributed by atoms with van der Waals surface area (Å²) in [5.74, 6) is 1.61. The van der Waals surface area contributed by atoms with Crippen molar-refractivity contribution in [3.8, 4) is 0 Å². The van der Waals surface area contributed by atoms with E-state index in [2.05, 4.69) is 67.5 Å². The van der Waals surface area contributed by atoms with Crippen LogP contribution < -0.4 is 5.32 Å². The molecule has 1 aliphatic carbocycles. The molecule has 2 atom stereocenters. The lowest BCUT2D eigenvalue weighted by Gasteiger charge is -2.02. The zero-order chi connectivity index (χ0) is 12.5. The molecule has 0 amide bonds. The second-order valence-electron chi connectivity index (χ2n) is 4.57. The molecule has 2 aromatic rings. The van der Waals surface area contributed by atoms with Crippen LogP contribution in [0.3, 0.4) is 0 Å². The Hall–Kier alpha value is -0.580.